The van der Waals surface area contributed by atoms with Crippen molar-refractivity contribution in [3.63, 3.8) is 0 Å². The van der Waals surface area contributed by atoms with Crippen molar-refractivity contribution in [2.75, 3.05) is 11.8 Å². The van der Waals surface area contributed by atoms with Gasteiger partial charge < -0.3 is 4.74 Å². The zero-order valence-corrected chi connectivity index (χ0v) is 12.9. The molecule has 0 radical (unpaired) electrons. The van der Waals surface area contributed by atoms with Gasteiger partial charge in [0.05, 0.1) is 18.4 Å². The first-order valence-electron chi connectivity index (χ1n) is 6.00. The van der Waals surface area contributed by atoms with Crippen molar-refractivity contribution >= 4 is 33.3 Å². The molecule has 0 fully saturated rings. The normalized spacial score (nSPS) is 11.0. The van der Waals surface area contributed by atoms with Crippen LogP contribution in [0.15, 0.2) is 47.4 Å². The van der Waals surface area contributed by atoms with Crippen molar-refractivity contribution in [2.45, 2.75) is 4.90 Å². The van der Waals surface area contributed by atoms with E-state index >= 15 is 0 Å². The third-order valence-electron chi connectivity index (χ3n) is 2.76. The summed E-state index contributed by atoms with van der Waals surface area (Å²) < 4.78 is 45.0. The Morgan fingerprint density at radius 3 is 2.55 bits per heavy atom. The predicted molar refractivity (Wildman–Crippen MR) is 80.0 cm³/mol. The topological polar surface area (TPSA) is 72.5 Å². The molecule has 2 rings (SSSR count). The molecule has 5 nitrogen and oxygen atoms in total. The number of esters is 1. The predicted octanol–water partition coefficient (Wildman–Crippen LogP) is 3.07. The van der Waals surface area contributed by atoms with Crippen molar-refractivity contribution in [3.05, 3.63) is 58.9 Å². The number of hydrogen-bond acceptors (Lipinski definition) is 4. The Bertz CT molecular complexity index is 823. The van der Waals surface area contributed by atoms with Gasteiger partial charge in [-0.25, -0.2) is 17.6 Å². The average Bonchev–Trinajstić information content (AvgIpc) is 2.46. The van der Waals surface area contributed by atoms with E-state index in [1.165, 1.54) is 31.4 Å². The standard InChI is InChI=1S/C14H11ClFNO4S/c1-21-14(18)10-4-2-3-5-12(10)17-22(19,20)13-7-6-9(15)8-11(13)16/h2-8,17H,1H3. The first-order valence-corrected chi connectivity index (χ1v) is 7.86. The number of carbonyl (C=O) groups excluding carboxylic acids is 1. The van der Waals surface area contributed by atoms with Crippen LogP contribution in [0, 0.1) is 5.82 Å². The summed E-state index contributed by atoms with van der Waals surface area (Å²) in [5, 5.41) is 0.0754. The number of hydrogen-bond donors (Lipinski definition) is 1. The molecular formula is C14H11ClFNO4S. The second-order valence-corrected chi connectivity index (χ2v) is 6.30. The van der Waals surface area contributed by atoms with E-state index in [1.807, 2.05) is 0 Å². The highest BCUT2D eigenvalue weighted by molar-refractivity contribution is 7.92. The van der Waals surface area contributed by atoms with Crippen LogP contribution in [0.5, 0.6) is 0 Å². The minimum atomic E-state index is -4.22. The number of methoxy groups -OCH3 is 1. The van der Waals surface area contributed by atoms with Gasteiger partial charge in [0.1, 0.15) is 10.7 Å². The lowest BCUT2D eigenvalue weighted by Gasteiger charge is -2.12. The number of nitrogens with one attached hydrogen (secondary N) is 1. The molecule has 0 bridgehead atoms. The van der Waals surface area contributed by atoms with E-state index in [0.717, 1.165) is 12.1 Å². The zero-order chi connectivity index (χ0) is 16.3. The molecule has 0 aliphatic carbocycles. The van der Waals surface area contributed by atoms with Crippen molar-refractivity contribution in [1.82, 2.24) is 0 Å². The maximum atomic E-state index is 13.8. The summed E-state index contributed by atoms with van der Waals surface area (Å²) in [5.41, 5.74) is 0.00615. The number of rotatable bonds is 4. The molecule has 0 spiro atoms. The van der Waals surface area contributed by atoms with Gasteiger partial charge in [0.25, 0.3) is 10.0 Å². The van der Waals surface area contributed by atoms with E-state index in [-0.39, 0.29) is 16.3 Å². The summed E-state index contributed by atoms with van der Waals surface area (Å²) in [5.74, 6) is -1.70. The Morgan fingerprint density at radius 1 is 1.23 bits per heavy atom. The molecule has 8 heteroatoms. The molecule has 0 aliphatic rings. The molecule has 0 aliphatic heterocycles. The molecule has 0 heterocycles. The minimum Gasteiger partial charge on any atom is -0.465 e. The van der Waals surface area contributed by atoms with E-state index in [1.54, 1.807) is 6.07 Å². The number of carbonyl (C=O) groups is 1. The van der Waals surface area contributed by atoms with E-state index in [0.29, 0.717) is 0 Å². The van der Waals surface area contributed by atoms with Gasteiger partial charge in [-0.05, 0) is 30.3 Å². The number of anilines is 1. The first kappa shape index (κ1) is 16.3. The molecule has 1 N–H and O–H groups in total. The molecule has 22 heavy (non-hydrogen) atoms. The van der Waals surface area contributed by atoms with Crippen molar-refractivity contribution in [1.29, 1.82) is 0 Å². The van der Waals surface area contributed by atoms with Crippen LogP contribution < -0.4 is 4.72 Å². The SMILES string of the molecule is COC(=O)c1ccccc1NS(=O)(=O)c1ccc(Cl)cc1F. The Morgan fingerprint density at radius 2 is 1.91 bits per heavy atom. The molecule has 0 atom stereocenters. The Kier molecular flexibility index (Phi) is 4.68. The molecule has 116 valence electrons. The molecule has 0 saturated heterocycles. The number of para-hydroxylation sites is 1. The molecule has 2 aromatic carbocycles. The van der Waals surface area contributed by atoms with Crippen molar-refractivity contribution < 1.29 is 22.3 Å². The number of halogens is 2. The van der Waals surface area contributed by atoms with E-state index in [2.05, 4.69) is 9.46 Å². The Hall–Kier alpha value is -2.12. The second-order valence-electron chi connectivity index (χ2n) is 4.22. The fourth-order valence-electron chi connectivity index (χ4n) is 1.75. The number of sulfonamides is 1. The van der Waals surface area contributed by atoms with Crippen LogP contribution in [0.1, 0.15) is 10.4 Å². The maximum absolute atomic E-state index is 13.8. The third-order valence-corrected chi connectivity index (χ3v) is 4.39. The van der Waals surface area contributed by atoms with Gasteiger partial charge in [0, 0.05) is 5.02 Å². The van der Waals surface area contributed by atoms with E-state index in [9.17, 15) is 17.6 Å². The van der Waals surface area contributed by atoms with Gasteiger partial charge in [-0.1, -0.05) is 23.7 Å². The van der Waals surface area contributed by atoms with E-state index < -0.39 is 26.7 Å². The van der Waals surface area contributed by atoms with Crippen LogP contribution in [0.2, 0.25) is 5.02 Å². The largest absolute Gasteiger partial charge is 0.465 e. The minimum absolute atomic E-state index is 0.0105. The number of ether oxygens (including phenoxy) is 1. The monoisotopic (exact) mass is 343 g/mol. The highest BCUT2D eigenvalue weighted by Crippen LogP contribution is 2.24. The summed E-state index contributed by atoms with van der Waals surface area (Å²) in [7, 11) is -3.04. The average molecular weight is 344 g/mol. The van der Waals surface area contributed by atoms with Gasteiger partial charge >= 0.3 is 5.97 Å². The fraction of sp³-hybridized carbons (Fsp3) is 0.0714. The van der Waals surface area contributed by atoms with Crippen LogP contribution >= 0.6 is 11.6 Å². The molecule has 0 saturated carbocycles. The van der Waals surface area contributed by atoms with Gasteiger partial charge in [0.15, 0.2) is 0 Å². The van der Waals surface area contributed by atoms with Crippen molar-refractivity contribution in [3.8, 4) is 0 Å². The van der Waals surface area contributed by atoms with Crippen LogP contribution in [-0.4, -0.2) is 21.5 Å². The van der Waals surface area contributed by atoms with Gasteiger partial charge in [0.2, 0.25) is 0 Å². The summed E-state index contributed by atoms with van der Waals surface area (Å²) in [6.45, 7) is 0. The summed E-state index contributed by atoms with van der Waals surface area (Å²) in [6, 6.07) is 9.03. The highest BCUT2D eigenvalue weighted by atomic mass is 35.5. The van der Waals surface area contributed by atoms with Gasteiger partial charge in [-0.2, -0.15) is 0 Å². The maximum Gasteiger partial charge on any atom is 0.339 e. The fourth-order valence-corrected chi connectivity index (χ4v) is 3.05. The Balaban J connectivity index is 2.44. The smallest absolute Gasteiger partial charge is 0.339 e. The summed E-state index contributed by atoms with van der Waals surface area (Å²) in [6.07, 6.45) is 0. The summed E-state index contributed by atoms with van der Waals surface area (Å²) >= 11 is 5.60. The van der Waals surface area contributed by atoms with Gasteiger partial charge in [-0.3, -0.25) is 4.72 Å². The molecular weight excluding hydrogens is 333 g/mol. The third kappa shape index (κ3) is 3.37. The lowest BCUT2D eigenvalue weighted by molar-refractivity contribution is 0.0602. The number of benzene rings is 2. The van der Waals surface area contributed by atoms with Crippen LogP contribution in [-0.2, 0) is 14.8 Å². The van der Waals surface area contributed by atoms with E-state index in [4.69, 9.17) is 11.6 Å². The highest BCUT2D eigenvalue weighted by Gasteiger charge is 2.22. The van der Waals surface area contributed by atoms with Crippen LogP contribution in [0.25, 0.3) is 0 Å². The zero-order valence-electron chi connectivity index (χ0n) is 11.3. The summed E-state index contributed by atoms with van der Waals surface area (Å²) in [4.78, 5) is 11.0. The van der Waals surface area contributed by atoms with Gasteiger partial charge in [-0.15, -0.1) is 0 Å². The quantitative estimate of drug-likeness (QED) is 0.866. The second kappa shape index (κ2) is 6.33. The lowest BCUT2D eigenvalue weighted by atomic mass is 10.2. The van der Waals surface area contributed by atoms with Crippen LogP contribution in [0.3, 0.4) is 0 Å². The molecule has 0 aromatic heterocycles. The Labute approximate surface area is 131 Å². The molecule has 0 unspecified atom stereocenters. The lowest BCUT2D eigenvalue weighted by Crippen LogP contribution is -2.17. The first-order chi connectivity index (χ1) is 10.3. The molecule has 0 amide bonds. The van der Waals surface area contributed by atoms with Crippen molar-refractivity contribution in [2.24, 2.45) is 0 Å². The molecule has 2 aromatic rings. The van der Waals surface area contributed by atoms with Crippen LogP contribution in [0.4, 0.5) is 10.1 Å².